The quantitative estimate of drug-likeness (QED) is 0.680. The van der Waals surface area contributed by atoms with Crippen molar-refractivity contribution in [2.45, 2.75) is 20.4 Å². The Hall–Kier alpha value is -1.78. The number of aromatic nitrogens is 2. The summed E-state index contributed by atoms with van der Waals surface area (Å²) in [7, 11) is 0. The molecule has 3 aromatic rings. The summed E-state index contributed by atoms with van der Waals surface area (Å²) in [6, 6.07) is 9.66. The Morgan fingerprint density at radius 2 is 2.05 bits per heavy atom. The minimum absolute atomic E-state index is 0.701. The van der Waals surface area contributed by atoms with Gasteiger partial charge in [-0.25, -0.2) is 4.98 Å². The highest BCUT2D eigenvalue weighted by Gasteiger charge is 2.15. The van der Waals surface area contributed by atoms with Crippen LogP contribution in [0.4, 0.5) is 0 Å². The van der Waals surface area contributed by atoms with Crippen molar-refractivity contribution in [3.63, 3.8) is 0 Å². The van der Waals surface area contributed by atoms with Gasteiger partial charge >= 0.3 is 0 Å². The fourth-order valence-electron chi connectivity index (χ4n) is 2.70. The van der Waals surface area contributed by atoms with E-state index < -0.39 is 0 Å². The molecule has 0 spiro atoms. The fraction of sp³-hybridized carbons (Fsp3) is 0.353. The molecule has 0 saturated heterocycles. The van der Waals surface area contributed by atoms with Gasteiger partial charge in [0.05, 0.1) is 17.3 Å². The van der Waals surface area contributed by atoms with E-state index in [2.05, 4.69) is 23.3 Å². The van der Waals surface area contributed by atoms with Crippen LogP contribution in [-0.2, 0) is 6.54 Å². The number of hydrogen-bond donors (Lipinski definition) is 0. The molecular weight excluding hydrogens is 298 g/mol. The van der Waals surface area contributed by atoms with Crippen LogP contribution in [0, 0.1) is 0 Å². The molecule has 0 radical (unpaired) electrons. The molecule has 0 atom stereocenters. The molecule has 5 heteroatoms. The first kappa shape index (κ1) is 15.1. The molecule has 1 aromatic carbocycles. The van der Waals surface area contributed by atoms with Gasteiger partial charge in [-0.05, 0) is 43.4 Å². The van der Waals surface area contributed by atoms with Crippen molar-refractivity contribution in [1.82, 2.24) is 14.5 Å². The monoisotopic (exact) mass is 317 g/mol. The average molecular weight is 318 g/mol. The van der Waals surface area contributed by atoms with Gasteiger partial charge in [0.15, 0.2) is 11.6 Å². The summed E-state index contributed by atoms with van der Waals surface area (Å²) in [6.07, 6.45) is 1.68. The van der Waals surface area contributed by atoms with Gasteiger partial charge in [-0.15, -0.1) is 0 Å². The number of nitrogens with zero attached hydrogens (tertiary/aromatic N) is 3. The van der Waals surface area contributed by atoms with Crippen molar-refractivity contribution in [1.29, 1.82) is 0 Å². The minimum Gasteiger partial charge on any atom is -0.461 e. The number of fused-ring (bicyclic) bond motifs is 1. The van der Waals surface area contributed by atoms with E-state index >= 15 is 0 Å². The van der Waals surface area contributed by atoms with Crippen LogP contribution in [0.15, 0.2) is 41.0 Å². The van der Waals surface area contributed by atoms with Crippen LogP contribution in [0.1, 0.15) is 13.8 Å². The second kappa shape index (κ2) is 6.55. The summed E-state index contributed by atoms with van der Waals surface area (Å²) in [5.74, 6) is 1.64. The number of rotatable bonds is 6. The molecule has 0 fully saturated rings. The van der Waals surface area contributed by atoms with E-state index in [9.17, 15) is 0 Å². The van der Waals surface area contributed by atoms with Crippen LogP contribution in [0.2, 0.25) is 5.02 Å². The smallest absolute Gasteiger partial charge is 0.177 e. The zero-order valence-corrected chi connectivity index (χ0v) is 13.7. The lowest BCUT2D eigenvalue weighted by Crippen LogP contribution is -2.27. The second-order valence-electron chi connectivity index (χ2n) is 5.22. The third-order valence-electron chi connectivity index (χ3n) is 3.99. The Morgan fingerprint density at radius 3 is 2.73 bits per heavy atom. The van der Waals surface area contributed by atoms with Crippen LogP contribution < -0.4 is 0 Å². The van der Waals surface area contributed by atoms with E-state index in [1.807, 2.05) is 30.3 Å². The van der Waals surface area contributed by atoms with Gasteiger partial charge in [0.1, 0.15) is 0 Å². The van der Waals surface area contributed by atoms with Crippen molar-refractivity contribution in [2.24, 2.45) is 0 Å². The molecule has 2 aromatic heterocycles. The molecule has 0 aliphatic heterocycles. The number of benzene rings is 1. The van der Waals surface area contributed by atoms with Crippen molar-refractivity contribution < 1.29 is 4.42 Å². The lowest BCUT2D eigenvalue weighted by Gasteiger charge is -2.19. The topological polar surface area (TPSA) is 34.2 Å². The summed E-state index contributed by atoms with van der Waals surface area (Å²) < 4.78 is 7.76. The molecule has 0 bridgehead atoms. The van der Waals surface area contributed by atoms with Crippen LogP contribution in [0.25, 0.3) is 22.6 Å². The van der Waals surface area contributed by atoms with Crippen molar-refractivity contribution in [2.75, 3.05) is 19.6 Å². The maximum absolute atomic E-state index is 6.10. The molecule has 0 aliphatic rings. The second-order valence-corrected chi connectivity index (χ2v) is 5.66. The molecular formula is C17H20ClN3O. The molecule has 0 aliphatic carbocycles. The highest BCUT2D eigenvalue weighted by Crippen LogP contribution is 2.27. The van der Waals surface area contributed by atoms with Crippen LogP contribution >= 0.6 is 11.6 Å². The molecule has 3 rings (SSSR count). The van der Waals surface area contributed by atoms with Crippen molar-refractivity contribution >= 4 is 22.6 Å². The van der Waals surface area contributed by atoms with Crippen LogP contribution in [0.3, 0.4) is 0 Å². The molecule has 0 saturated carbocycles. The van der Waals surface area contributed by atoms with E-state index in [4.69, 9.17) is 21.0 Å². The van der Waals surface area contributed by atoms with E-state index in [1.54, 1.807) is 6.26 Å². The number of halogens is 1. The molecule has 4 nitrogen and oxygen atoms in total. The molecule has 0 N–H and O–H groups in total. The first-order chi connectivity index (χ1) is 10.7. The summed E-state index contributed by atoms with van der Waals surface area (Å²) in [4.78, 5) is 7.11. The fourth-order valence-corrected chi connectivity index (χ4v) is 2.87. The van der Waals surface area contributed by atoms with E-state index in [-0.39, 0.29) is 0 Å². The zero-order chi connectivity index (χ0) is 15.5. The Labute approximate surface area is 135 Å². The summed E-state index contributed by atoms with van der Waals surface area (Å²) in [5.41, 5.74) is 1.99. The van der Waals surface area contributed by atoms with E-state index in [0.717, 1.165) is 48.8 Å². The first-order valence-corrected chi connectivity index (χ1v) is 8.02. The summed E-state index contributed by atoms with van der Waals surface area (Å²) in [6.45, 7) is 8.31. The lowest BCUT2D eigenvalue weighted by atomic mass is 10.3. The maximum atomic E-state index is 6.10. The lowest BCUT2D eigenvalue weighted by molar-refractivity contribution is 0.292. The predicted molar refractivity (Wildman–Crippen MR) is 90.2 cm³/mol. The third kappa shape index (κ3) is 2.89. The van der Waals surface area contributed by atoms with Gasteiger partial charge in [0.2, 0.25) is 0 Å². The Kier molecular flexibility index (Phi) is 4.50. The van der Waals surface area contributed by atoms with Crippen LogP contribution in [0.5, 0.6) is 0 Å². The Balaban J connectivity index is 2.03. The standard InChI is InChI=1S/C17H20ClN3O/c1-3-20(4-2)9-10-21-15-8-7-13(18)12-14(15)19-17(21)16-6-5-11-22-16/h5-8,11-12H,3-4,9-10H2,1-2H3. The number of hydrogen-bond acceptors (Lipinski definition) is 3. The first-order valence-electron chi connectivity index (χ1n) is 7.65. The Morgan fingerprint density at radius 1 is 1.23 bits per heavy atom. The molecule has 116 valence electrons. The summed E-state index contributed by atoms with van der Waals surface area (Å²) in [5, 5.41) is 0.701. The molecule has 0 unspecified atom stereocenters. The minimum atomic E-state index is 0.701. The van der Waals surface area contributed by atoms with Gasteiger partial charge in [-0.1, -0.05) is 25.4 Å². The molecule has 0 amide bonds. The van der Waals surface area contributed by atoms with E-state index in [1.165, 1.54) is 0 Å². The van der Waals surface area contributed by atoms with Gasteiger partial charge in [0.25, 0.3) is 0 Å². The van der Waals surface area contributed by atoms with Gasteiger partial charge in [-0.3, -0.25) is 0 Å². The van der Waals surface area contributed by atoms with Gasteiger partial charge in [0, 0.05) is 18.1 Å². The zero-order valence-electron chi connectivity index (χ0n) is 12.9. The largest absolute Gasteiger partial charge is 0.461 e. The molecule has 22 heavy (non-hydrogen) atoms. The predicted octanol–water partition coefficient (Wildman–Crippen LogP) is 4.29. The highest BCUT2D eigenvalue weighted by atomic mass is 35.5. The average Bonchev–Trinajstić information content (AvgIpc) is 3.15. The third-order valence-corrected chi connectivity index (χ3v) is 4.22. The number of likely N-dealkylation sites (N-methyl/N-ethyl adjacent to an activating group) is 1. The normalized spacial score (nSPS) is 11.6. The number of furan rings is 1. The SMILES string of the molecule is CCN(CC)CCn1c(-c2ccco2)nc2cc(Cl)ccc21. The maximum Gasteiger partial charge on any atom is 0.177 e. The molecule has 2 heterocycles. The van der Waals surface area contributed by atoms with E-state index in [0.29, 0.717) is 5.02 Å². The van der Waals surface area contributed by atoms with Crippen molar-refractivity contribution in [3.8, 4) is 11.6 Å². The Bertz CT molecular complexity index is 745. The van der Waals surface area contributed by atoms with Gasteiger partial charge < -0.3 is 13.9 Å². The van der Waals surface area contributed by atoms with Crippen LogP contribution in [-0.4, -0.2) is 34.1 Å². The summed E-state index contributed by atoms with van der Waals surface area (Å²) >= 11 is 6.10. The number of imidazole rings is 1. The highest BCUT2D eigenvalue weighted by molar-refractivity contribution is 6.31. The van der Waals surface area contributed by atoms with Gasteiger partial charge in [-0.2, -0.15) is 0 Å². The van der Waals surface area contributed by atoms with Crippen molar-refractivity contribution in [3.05, 3.63) is 41.6 Å².